The number of methoxy groups -OCH3 is 1. The lowest BCUT2D eigenvalue weighted by molar-refractivity contribution is 0.0799. The van der Waals surface area contributed by atoms with Gasteiger partial charge in [0.1, 0.15) is 6.61 Å². The third-order valence-electron chi connectivity index (χ3n) is 5.10. The van der Waals surface area contributed by atoms with Gasteiger partial charge in [-0.3, -0.25) is 0 Å². The standard InChI is InChI=1S/C19H29F3O2Si/c1-23-9-3-2-4-10-25-11-7-15(8-12-25)16-5-6-18(17(20)13-16)24-14-19(21)22/h5-6,13,15,19,25H,2-4,7-12,14H2,1H3/t15-,25-. The van der Waals surface area contributed by atoms with E-state index in [1.807, 2.05) is 6.07 Å². The van der Waals surface area contributed by atoms with Crippen molar-refractivity contribution in [3.63, 3.8) is 0 Å². The lowest BCUT2D eigenvalue weighted by Crippen LogP contribution is -2.20. The van der Waals surface area contributed by atoms with Gasteiger partial charge in [-0.15, -0.1) is 0 Å². The molecule has 2 rings (SSSR count). The molecular formula is C19H29F3O2Si. The Morgan fingerprint density at radius 1 is 1.16 bits per heavy atom. The highest BCUT2D eigenvalue weighted by Crippen LogP contribution is 2.36. The Hall–Kier alpha value is -1.01. The number of rotatable bonds is 10. The highest BCUT2D eigenvalue weighted by molar-refractivity contribution is 6.59. The van der Waals surface area contributed by atoms with Crippen molar-refractivity contribution in [2.45, 2.75) is 62.6 Å². The zero-order valence-electron chi connectivity index (χ0n) is 15.0. The van der Waals surface area contributed by atoms with Gasteiger partial charge in [-0.2, -0.15) is 0 Å². The fourth-order valence-corrected chi connectivity index (χ4v) is 7.16. The van der Waals surface area contributed by atoms with Gasteiger partial charge in [0.15, 0.2) is 11.6 Å². The first-order chi connectivity index (χ1) is 12.1. The Kier molecular flexibility index (Phi) is 8.82. The molecule has 0 aromatic heterocycles. The first-order valence-corrected chi connectivity index (χ1v) is 11.7. The highest BCUT2D eigenvalue weighted by atomic mass is 28.3. The number of ether oxygens (including phenoxy) is 2. The number of benzene rings is 1. The Bertz CT molecular complexity index is 505. The average Bonchev–Trinajstić information content (AvgIpc) is 2.61. The molecule has 2 nitrogen and oxygen atoms in total. The summed E-state index contributed by atoms with van der Waals surface area (Å²) >= 11 is 0. The zero-order chi connectivity index (χ0) is 18.1. The normalized spacial score (nSPS) is 20.8. The summed E-state index contributed by atoms with van der Waals surface area (Å²) in [5, 5.41) is 0. The van der Waals surface area contributed by atoms with Gasteiger partial charge in [-0.1, -0.05) is 37.0 Å². The van der Waals surface area contributed by atoms with Gasteiger partial charge in [0.2, 0.25) is 0 Å². The molecule has 0 amide bonds. The minimum Gasteiger partial charge on any atom is -0.485 e. The Labute approximate surface area is 150 Å². The summed E-state index contributed by atoms with van der Waals surface area (Å²) in [6.07, 6.45) is 3.40. The van der Waals surface area contributed by atoms with Crippen molar-refractivity contribution >= 4 is 8.80 Å². The molecule has 0 atom stereocenters. The summed E-state index contributed by atoms with van der Waals surface area (Å²) in [4.78, 5) is 0. The van der Waals surface area contributed by atoms with Crippen LogP contribution in [0.2, 0.25) is 18.1 Å². The fraction of sp³-hybridized carbons (Fsp3) is 0.684. The zero-order valence-corrected chi connectivity index (χ0v) is 16.1. The minimum atomic E-state index is -2.59. The number of halogens is 3. The van der Waals surface area contributed by atoms with E-state index >= 15 is 0 Å². The first kappa shape index (κ1) is 20.3. The van der Waals surface area contributed by atoms with Gasteiger partial charge in [0.05, 0.1) is 0 Å². The van der Waals surface area contributed by atoms with E-state index in [1.54, 1.807) is 7.11 Å². The molecular weight excluding hydrogens is 345 g/mol. The fourth-order valence-electron chi connectivity index (χ4n) is 3.68. The van der Waals surface area contributed by atoms with Gasteiger partial charge in [0, 0.05) is 22.5 Å². The Morgan fingerprint density at radius 3 is 2.56 bits per heavy atom. The quantitative estimate of drug-likeness (QED) is 0.404. The summed E-state index contributed by atoms with van der Waals surface area (Å²) in [5.74, 6) is -0.213. The van der Waals surface area contributed by atoms with Gasteiger partial charge >= 0.3 is 0 Å². The lowest BCUT2D eigenvalue weighted by Gasteiger charge is -2.28. The molecule has 1 saturated heterocycles. The van der Waals surface area contributed by atoms with Crippen LogP contribution in [0.1, 0.15) is 43.6 Å². The maximum Gasteiger partial charge on any atom is 0.272 e. The SMILES string of the molecule is COCCCCC[Si@H]1CC[C@H](c2ccc(OCC(F)F)c(F)c2)CC1. The van der Waals surface area contributed by atoms with Crippen molar-refractivity contribution in [3.05, 3.63) is 29.6 Å². The predicted molar refractivity (Wildman–Crippen MR) is 97.2 cm³/mol. The molecule has 25 heavy (non-hydrogen) atoms. The largest absolute Gasteiger partial charge is 0.485 e. The maximum atomic E-state index is 14.0. The summed E-state index contributed by atoms with van der Waals surface area (Å²) in [6, 6.07) is 8.84. The van der Waals surface area contributed by atoms with E-state index in [1.165, 1.54) is 43.1 Å². The second kappa shape index (κ2) is 10.9. The lowest BCUT2D eigenvalue weighted by atomic mass is 9.93. The molecule has 1 aromatic carbocycles. The van der Waals surface area contributed by atoms with Gasteiger partial charge in [-0.25, -0.2) is 13.2 Å². The van der Waals surface area contributed by atoms with Crippen molar-refractivity contribution in [1.29, 1.82) is 0 Å². The van der Waals surface area contributed by atoms with Crippen molar-refractivity contribution in [2.24, 2.45) is 0 Å². The van der Waals surface area contributed by atoms with E-state index in [4.69, 9.17) is 9.47 Å². The van der Waals surface area contributed by atoms with Crippen molar-refractivity contribution in [3.8, 4) is 5.75 Å². The van der Waals surface area contributed by atoms with Crippen LogP contribution in [0.15, 0.2) is 18.2 Å². The van der Waals surface area contributed by atoms with Crippen LogP contribution >= 0.6 is 0 Å². The van der Waals surface area contributed by atoms with Crippen LogP contribution in [0.5, 0.6) is 5.75 Å². The van der Waals surface area contributed by atoms with E-state index in [9.17, 15) is 13.2 Å². The Balaban J connectivity index is 1.75. The number of hydrogen-bond acceptors (Lipinski definition) is 2. The number of hydrogen-bond donors (Lipinski definition) is 0. The summed E-state index contributed by atoms with van der Waals surface area (Å²) in [5.41, 5.74) is 0.981. The van der Waals surface area contributed by atoms with E-state index < -0.39 is 27.6 Å². The number of unbranched alkanes of at least 4 members (excludes halogenated alkanes) is 2. The van der Waals surface area contributed by atoms with Crippen molar-refractivity contribution < 1.29 is 22.6 Å². The maximum absolute atomic E-state index is 14.0. The average molecular weight is 375 g/mol. The van der Waals surface area contributed by atoms with Gasteiger partial charge < -0.3 is 9.47 Å². The second-order valence-corrected chi connectivity index (χ2v) is 10.4. The molecule has 1 aromatic rings. The molecule has 1 aliphatic heterocycles. The van der Waals surface area contributed by atoms with Crippen LogP contribution in [0.25, 0.3) is 0 Å². The van der Waals surface area contributed by atoms with E-state index in [2.05, 4.69) is 0 Å². The van der Waals surface area contributed by atoms with Gasteiger partial charge in [-0.05, 0) is 42.9 Å². The number of alkyl halides is 2. The van der Waals surface area contributed by atoms with Crippen LogP contribution in [-0.4, -0.2) is 35.5 Å². The summed E-state index contributed by atoms with van der Waals surface area (Å²) in [6.45, 7) is 0.0915. The minimum absolute atomic E-state index is 0.0804. The van der Waals surface area contributed by atoms with Crippen LogP contribution in [-0.2, 0) is 4.74 Å². The molecule has 0 radical (unpaired) electrons. The molecule has 0 saturated carbocycles. The molecule has 6 heteroatoms. The predicted octanol–water partition coefficient (Wildman–Crippen LogP) is 5.39. The topological polar surface area (TPSA) is 18.5 Å². The second-order valence-electron chi connectivity index (χ2n) is 6.95. The van der Waals surface area contributed by atoms with Crippen molar-refractivity contribution in [1.82, 2.24) is 0 Å². The molecule has 0 spiro atoms. The van der Waals surface area contributed by atoms with Crippen LogP contribution < -0.4 is 4.74 Å². The molecule has 0 aliphatic carbocycles. The molecule has 1 fully saturated rings. The van der Waals surface area contributed by atoms with Gasteiger partial charge in [0.25, 0.3) is 6.43 Å². The first-order valence-electron chi connectivity index (χ1n) is 9.29. The Morgan fingerprint density at radius 2 is 1.92 bits per heavy atom. The molecule has 0 N–H and O–H groups in total. The molecule has 1 aliphatic rings. The van der Waals surface area contributed by atoms with E-state index in [-0.39, 0.29) is 5.75 Å². The molecule has 0 unspecified atom stereocenters. The molecule has 0 bridgehead atoms. The third-order valence-corrected chi connectivity index (χ3v) is 8.62. The van der Waals surface area contributed by atoms with Crippen LogP contribution in [0.3, 0.4) is 0 Å². The van der Waals surface area contributed by atoms with E-state index in [0.29, 0.717) is 5.92 Å². The van der Waals surface area contributed by atoms with Crippen LogP contribution in [0, 0.1) is 5.82 Å². The van der Waals surface area contributed by atoms with Crippen LogP contribution in [0.4, 0.5) is 13.2 Å². The molecule has 1 heterocycles. The summed E-state index contributed by atoms with van der Waals surface area (Å²) < 4.78 is 48.2. The smallest absolute Gasteiger partial charge is 0.272 e. The monoisotopic (exact) mass is 374 g/mol. The summed E-state index contributed by atoms with van der Waals surface area (Å²) in [7, 11) is 1.12. The van der Waals surface area contributed by atoms with Crippen molar-refractivity contribution in [2.75, 3.05) is 20.3 Å². The highest BCUT2D eigenvalue weighted by Gasteiger charge is 2.23. The molecule has 142 valence electrons. The van der Waals surface area contributed by atoms with E-state index in [0.717, 1.165) is 31.4 Å². The third kappa shape index (κ3) is 7.02.